The van der Waals surface area contributed by atoms with E-state index in [1.54, 1.807) is 0 Å². The van der Waals surface area contributed by atoms with Gasteiger partial charge in [-0.1, -0.05) is 12.1 Å². The van der Waals surface area contributed by atoms with Crippen LogP contribution in [0.3, 0.4) is 0 Å². The van der Waals surface area contributed by atoms with Gasteiger partial charge in [0.25, 0.3) is 0 Å². The van der Waals surface area contributed by atoms with Crippen LogP contribution in [-0.4, -0.2) is 56.3 Å². The van der Waals surface area contributed by atoms with E-state index in [9.17, 15) is 0 Å². The van der Waals surface area contributed by atoms with Gasteiger partial charge in [-0.2, -0.15) is 4.98 Å². The zero-order chi connectivity index (χ0) is 17.2. The number of hydrogen-bond acceptors (Lipinski definition) is 8. The Bertz CT molecular complexity index is 695. The van der Waals surface area contributed by atoms with Crippen molar-refractivity contribution in [2.24, 2.45) is 0 Å². The first kappa shape index (κ1) is 16.7. The van der Waals surface area contributed by atoms with Crippen LogP contribution in [0.25, 0.3) is 0 Å². The molecule has 2 aliphatic rings. The van der Waals surface area contributed by atoms with Gasteiger partial charge in [0, 0.05) is 24.9 Å². The molecule has 1 aliphatic carbocycles. The summed E-state index contributed by atoms with van der Waals surface area (Å²) in [7, 11) is 2.13. The Morgan fingerprint density at radius 3 is 2.80 bits per heavy atom. The van der Waals surface area contributed by atoms with Crippen molar-refractivity contribution in [1.82, 2.24) is 30.1 Å². The molecule has 0 spiro atoms. The molecule has 4 rings (SSSR count). The monoisotopic (exact) mass is 346 g/mol. The van der Waals surface area contributed by atoms with E-state index in [4.69, 9.17) is 8.94 Å². The number of hydrogen-bond donors (Lipinski definition) is 0. The molecule has 0 radical (unpaired) electrons. The molecule has 136 valence electrons. The van der Waals surface area contributed by atoms with Crippen molar-refractivity contribution < 1.29 is 8.94 Å². The van der Waals surface area contributed by atoms with Gasteiger partial charge in [-0.25, -0.2) is 0 Å². The summed E-state index contributed by atoms with van der Waals surface area (Å²) in [4.78, 5) is 9.27. The molecule has 0 bridgehead atoms. The maximum atomic E-state index is 5.64. The predicted octanol–water partition coefficient (Wildman–Crippen LogP) is 1.99. The van der Waals surface area contributed by atoms with Gasteiger partial charge in [-0.3, -0.25) is 9.80 Å². The lowest BCUT2D eigenvalue weighted by Crippen LogP contribution is -2.45. The predicted molar refractivity (Wildman–Crippen MR) is 89.7 cm³/mol. The summed E-state index contributed by atoms with van der Waals surface area (Å²) in [5, 5.41) is 12.3. The minimum absolute atomic E-state index is 0.473. The van der Waals surface area contributed by atoms with E-state index < -0.39 is 0 Å². The van der Waals surface area contributed by atoms with Crippen molar-refractivity contribution >= 4 is 0 Å². The normalized spacial score (nSPS) is 22.0. The molecule has 8 heteroatoms. The van der Waals surface area contributed by atoms with Crippen LogP contribution < -0.4 is 0 Å². The summed E-state index contributed by atoms with van der Waals surface area (Å²) in [6.07, 6.45) is 5.51. The van der Waals surface area contributed by atoms with Gasteiger partial charge in [0.1, 0.15) is 0 Å². The smallest absolute Gasteiger partial charge is 0.230 e. The lowest BCUT2D eigenvalue weighted by molar-refractivity contribution is 0.0986. The van der Waals surface area contributed by atoms with Crippen molar-refractivity contribution in [2.45, 2.75) is 64.1 Å². The minimum Gasteiger partial charge on any atom is -0.424 e. The second kappa shape index (κ2) is 7.21. The average molecular weight is 346 g/mol. The number of likely N-dealkylation sites (N-methyl/N-ethyl adjacent to an activating group) is 1. The van der Waals surface area contributed by atoms with Gasteiger partial charge in [-0.15, -0.1) is 10.2 Å². The highest BCUT2D eigenvalue weighted by Gasteiger charge is 2.30. The number of piperidine rings is 1. The lowest BCUT2D eigenvalue weighted by atomic mass is 10.0. The largest absolute Gasteiger partial charge is 0.424 e. The third kappa shape index (κ3) is 4.07. The number of aromatic nitrogens is 4. The summed E-state index contributed by atoms with van der Waals surface area (Å²) in [5.41, 5.74) is 0. The van der Waals surface area contributed by atoms with Gasteiger partial charge in [0.05, 0.1) is 13.1 Å². The Balaban J connectivity index is 1.31. The molecule has 2 aromatic heterocycles. The molecule has 3 heterocycles. The molecule has 0 N–H and O–H groups in total. The molecule has 8 nitrogen and oxygen atoms in total. The van der Waals surface area contributed by atoms with E-state index in [-0.39, 0.29) is 0 Å². The zero-order valence-electron chi connectivity index (χ0n) is 15.0. The number of likely N-dealkylation sites (tertiary alicyclic amines) is 1. The van der Waals surface area contributed by atoms with Crippen molar-refractivity contribution in [3.8, 4) is 0 Å². The highest BCUT2D eigenvalue weighted by atomic mass is 16.5. The molecule has 0 amide bonds. The molecule has 2 aromatic rings. The van der Waals surface area contributed by atoms with Gasteiger partial charge in [-0.05, 0) is 39.3 Å². The third-order valence-corrected chi connectivity index (χ3v) is 5.08. The molecule has 1 atom stereocenters. The fraction of sp³-hybridized carbons (Fsp3) is 0.765. The molecular formula is C17H26N6O2. The SMILES string of the molecule is CCc1nnc(CN(C)[C@H]2CCCN(Cc3noc(C4CC4)n3)C2)o1. The van der Waals surface area contributed by atoms with Crippen molar-refractivity contribution in [1.29, 1.82) is 0 Å². The Hall–Kier alpha value is -1.80. The van der Waals surface area contributed by atoms with E-state index in [0.29, 0.717) is 30.3 Å². The average Bonchev–Trinajstić information content (AvgIpc) is 3.20. The van der Waals surface area contributed by atoms with Gasteiger partial charge in [0.15, 0.2) is 5.82 Å². The lowest BCUT2D eigenvalue weighted by Gasteiger charge is -2.36. The molecule has 1 saturated carbocycles. The highest BCUT2D eigenvalue weighted by molar-refractivity contribution is 5.02. The first-order chi connectivity index (χ1) is 12.2. The second-order valence-electron chi connectivity index (χ2n) is 7.21. The fourth-order valence-electron chi connectivity index (χ4n) is 3.40. The molecule has 1 saturated heterocycles. The summed E-state index contributed by atoms with van der Waals surface area (Å²) in [5.74, 6) is 3.56. The van der Waals surface area contributed by atoms with Crippen LogP contribution in [0.1, 0.15) is 62.0 Å². The van der Waals surface area contributed by atoms with E-state index in [1.165, 1.54) is 25.7 Å². The van der Waals surface area contributed by atoms with Crippen LogP contribution in [0.5, 0.6) is 0 Å². The van der Waals surface area contributed by atoms with Crippen LogP contribution in [0.15, 0.2) is 8.94 Å². The third-order valence-electron chi connectivity index (χ3n) is 5.08. The molecular weight excluding hydrogens is 320 g/mol. The van der Waals surface area contributed by atoms with Crippen LogP contribution in [-0.2, 0) is 19.5 Å². The molecule has 0 unspecified atom stereocenters. The molecule has 2 fully saturated rings. The summed E-state index contributed by atoms with van der Waals surface area (Å²) in [6.45, 7) is 5.56. The van der Waals surface area contributed by atoms with Crippen LogP contribution in [0.4, 0.5) is 0 Å². The topological polar surface area (TPSA) is 84.3 Å². The minimum atomic E-state index is 0.473. The van der Waals surface area contributed by atoms with Crippen LogP contribution >= 0.6 is 0 Å². The van der Waals surface area contributed by atoms with Crippen molar-refractivity contribution in [2.75, 3.05) is 20.1 Å². The Labute approximate surface area is 147 Å². The van der Waals surface area contributed by atoms with Gasteiger partial charge >= 0.3 is 0 Å². The maximum Gasteiger partial charge on any atom is 0.230 e. The first-order valence-corrected chi connectivity index (χ1v) is 9.27. The van der Waals surface area contributed by atoms with E-state index >= 15 is 0 Å². The number of aryl methyl sites for hydroxylation is 1. The quantitative estimate of drug-likeness (QED) is 0.752. The Kier molecular flexibility index (Phi) is 4.80. The number of rotatable bonds is 7. The first-order valence-electron chi connectivity index (χ1n) is 9.27. The highest BCUT2D eigenvalue weighted by Crippen LogP contribution is 2.38. The standard InChI is InChI=1S/C17H26N6O2/c1-3-15-19-20-16(24-15)11-22(2)13-5-4-8-23(9-13)10-14-18-17(25-21-14)12-6-7-12/h12-13H,3-11H2,1-2H3/t13-/m0/s1. The van der Waals surface area contributed by atoms with Gasteiger partial charge in [0.2, 0.25) is 17.7 Å². The summed E-state index contributed by atoms with van der Waals surface area (Å²) < 4.78 is 11.0. The summed E-state index contributed by atoms with van der Waals surface area (Å²) in [6, 6.07) is 0.473. The second-order valence-corrected chi connectivity index (χ2v) is 7.21. The number of nitrogens with zero attached hydrogens (tertiary/aromatic N) is 6. The van der Waals surface area contributed by atoms with E-state index in [1.807, 2.05) is 6.92 Å². The maximum absolute atomic E-state index is 5.64. The van der Waals surface area contributed by atoms with Crippen LogP contribution in [0.2, 0.25) is 0 Å². The van der Waals surface area contributed by atoms with E-state index in [0.717, 1.165) is 37.8 Å². The molecule has 1 aliphatic heterocycles. The fourth-order valence-corrected chi connectivity index (χ4v) is 3.40. The van der Waals surface area contributed by atoms with Gasteiger partial charge < -0.3 is 8.94 Å². The Morgan fingerprint density at radius 1 is 1.20 bits per heavy atom. The zero-order valence-corrected chi connectivity index (χ0v) is 15.0. The van der Waals surface area contributed by atoms with Crippen molar-refractivity contribution in [3.63, 3.8) is 0 Å². The van der Waals surface area contributed by atoms with E-state index in [2.05, 4.69) is 37.2 Å². The van der Waals surface area contributed by atoms with Crippen molar-refractivity contribution in [3.05, 3.63) is 23.5 Å². The summed E-state index contributed by atoms with van der Waals surface area (Å²) >= 11 is 0. The molecule has 25 heavy (non-hydrogen) atoms. The molecule has 0 aromatic carbocycles. The van der Waals surface area contributed by atoms with Crippen LogP contribution in [0, 0.1) is 0 Å². The Morgan fingerprint density at radius 2 is 2.04 bits per heavy atom.